The highest BCUT2D eigenvalue weighted by Gasteiger charge is 2.32. The van der Waals surface area contributed by atoms with Crippen molar-refractivity contribution in [3.63, 3.8) is 0 Å². The Bertz CT molecular complexity index is 1040. The molecule has 0 unspecified atom stereocenters. The fourth-order valence-electron chi connectivity index (χ4n) is 3.95. The van der Waals surface area contributed by atoms with Gasteiger partial charge in [-0.2, -0.15) is 0 Å². The van der Waals surface area contributed by atoms with E-state index in [2.05, 4.69) is 5.32 Å². The molecule has 2 atom stereocenters. The molecule has 0 aromatic heterocycles. The number of benzene rings is 2. The molecule has 1 fully saturated rings. The van der Waals surface area contributed by atoms with E-state index >= 15 is 0 Å². The average Bonchev–Trinajstić information content (AvgIpc) is 2.79. The van der Waals surface area contributed by atoms with Crippen LogP contribution in [0.2, 0.25) is 0 Å². The van der Waals surface area contributed by atoms with Crippen LogP contribution in [0.25, 0.3) is 0 Å². The Balaban J connectivity index is 1.47. The Morgan fingerprint density at radius 1 is 0.919 bits per heavy atom. The number of carboxylic acid groups (broad SMARTS) is 2. The van der Waals surface area contributed by atoms with Crippen LogP contribution in [0.4, 0.5) is 4.79 Å². The summed E-state index contributed by atoms with van der Waals surface area (Å²) in [6.45, 7) is 5.53. The first-order valence-electron chi connectivity index (χ1n) is 12.3. The molecule has 9 nitrogen and oxygen atoms in total. The van der Waals surface area contributed by atoms with Gasteiger partial charge in [0.05, 0.1) is 18.6 Å². The minimum Gasteiger partial charge on any atom is -0.490 e. The predicted octanol–water partition coefficient (Wildman–Crippen LogP) is 4.42. The van der Waals surface area contributed by atoms with E-state index in [1.54, 1.807) is 45.0 Å². The fraction of sp³-hybridized carbons (Fsp3) is 0.464. The van der Waals surface area contributed by atoms with E-state index in [1.165, 1.54) is 0 Å². The Morgan fingerprint density at radius 3 is 2.14 bits per heavy atom. The molecule has 1 aliphatic carbocycles. The minimum absolute atomic E-state index is 0.0636. The number of aliphatic carboxylic acids is 2. The number of rotatable bonds is 12. The Hall–Kier alpha value is -3.59. The second kappa shape index (κ2) is 12.6. The maximum atomic E-state index is 12.0. The van der Waals surface area contributed by atoms with Crippen molar-refractivity contribution in [2.75, 3.05) is 0 Å². The maximum Gasteiger partial charge on any atom is 0.408 e. The Labute approximate surface area is 216 Å². The lowest BCUT2D eigenvalue weighted by molar-refractivity contribution is -0.144. The van der Waals surface area contributed by atoms with Crippen molar-refractivity contribution in [1.29, 1.82) is 0 Å². The summed E-state index contributed by atoms with van der Waals surface area (Å²) in [6.07, 6.45) is 0.747. The van der Waals surface area contributed by atoms with E-state index in [4.69, 9.17) is 14.2 Å². The SMILES string of the molecule is CC(C)(C)OC(=O)N[C@@H](C[C@H](Cc1ccc(OC2CC(OCc3ccccc3)C2)cc1)C(=O)O)C(=O)O. The van der Waals surface area contributed by atoms with Gasteiger partial charge >= 0.3 is 18.0 Å². The average molecular weight is 514 g/mol. The third kappa shape index (κ3) is 9.42. The van der Waals surface area contributed by atoms with Crippen LogP contribution in [-0.2, 0) is 32.1 Å². The Kier molecular flexibility index (Phi) is 9.52. The number of hydrogen-bond acceptors (Lipinski definition) is 6. The van der Waals surface area contributed by atoms with Gasteiger partial charge in [0.1, 0.15) is 23.5 Å². The second-order valence-electron chi connectivity index (χ2n) is 10.3. The molecule has 0 aliphatic heterocycles. The van der Waals surface area contributed by atoms with Crippen molar-refractivity contribution in [2.24, 2.45) is 5.92 Å². The molecular formula is C28H35NO8. The van der Waals surface area contributed by atoms with Crippen molar-refractivity contribution < 1.29 is 38.8 Å². The molecule has 1 aliphatic rings. The van der Waals surface area contributed by atoms with Crippen LogP contribution in [0.3, 0.4) is 0 Å². The van der Waals surface area contributed by atoms with Gasteiger partial charge in [-0.1, -0.05) is 42.5 Å². The van der Waals surface area contributed by atoms with Crippen molar-refractivity contribution in [3.05, 3.63) is 65.7 Å². The number of ether oxygens (including phenoxy) is 3. The summed E-state index contributed by atoms with van der Waals surface area (Å²) in [4.78, 5) is 35.5. The highest BCUT2D eigenvalue weighted by molar-refractivity contribution is 5.81. The summed E-state index contributed by atoms with van der Waals surface area (Å²) in [5.41, 5.74) is 1.05. The highest BCUT2D eigenvalue weighted by atomic mass is 16.6. The van der Waals surface area contributed by atoms with Crippen LogP contribution >= 0.6 is 0 Å². The number of amides is 1. The summed E-state index contributed by atoms with van der Waals surface area (Å²) < 4.78 is 17.0. The van der Waals surface area contributed by atoms with E-state index < -0.39 is 35.6 Å². The lowest BCUT2D eigenvalue weighted by Crippen LogP contribution is -2.45. The molecule has 3 rings (SSSR count). The normalized spacial score (nSPS) is 18.7. The standard InChI is InChI=1S/C28H35NO8/c1-28(2,3)37-27(34)29-24(26(32)33)14-20(25(30)31)13-18-9-11-21(12-10-18)36-23-15-22(16-23)35-17-19-7-5-4-6-8-19/h4-12,20,22-24H,13-17H2,1-3H3,(H,29,34)(H,30,31)(H,32,33)/t20-,22?,23?,24-/m0/s1. The van der Waals surface area contributed by atoms with Crippen molar-refractivity contribution in [3.8, 4) is 5.75 Å². The zero-order valence-electron chi connectivity index (χ0n) is 21.4. The van der Waals surface area contributed by atoms with Crippen LogP contribution in [-0.4, -0.2) is 52.1 Å². The first kappa shape index (κ1) is 28.0. The molecule has 1 saturated carbocycles. The molecule has 0 saturated heterocycles. The van der Waals surface area contributed by atoms with E-state index in [0.29, 0.717) is 12.4 Å². The van der Waals surface area contributed by atoms with E-state index in [-0.39, 0.29) is 25.0 Å². The zero-order chi connectivity index (χ0) is 27.0. The topological polar surface area (TPSA) is 131 Å². The quantitative estimate of drug-likeness (QED) is 0.380. The molecule has 3 N–H and O–H groups in total. The largest absolute Gasteiger partial charge is 0.490 e. The zero-order valence-corrected chi connectivity index (χ0v) is 21.4. The number of hydrogen-bond donors (Lipinski definition) is 3. The maximum absolute atomic E-state index is 12.0. The molecule has 0 spiro atoms. The number of carbonyl (C=O) groups excluding carboxylic acids is 1. The smallest absolute Gasteiger partial charge is 0.408 e. The van der Waals surface area contributed by atoms with Gasteiger partial charge in [0.2, 0.25) is 0 Å². The van der Waals surface area contributed by atoms with Gasteiger partial charge in [-0.25, -0.2) is 9.59 Å². The van der Waals surface area contributed by atoms with Crippen LogP contribution in [0.15, 0.2) is 54.6 Å². The van der Waals surface area contributed by atoms with Gasteiger partial charge in [0, 0.05) is 12.8 Å². The van der Waals surface area contributed by atoms with Crippen molar-refractivity contribution >= 4 is 18.0 Å². The first-order chi connectivity index (χ1) is 17.5. The summed E-state index contributed by atoms with van der Waals surface area (Å²) in [6, 6.07) is 15.7. The van der Waals surface area contributed by atoms with E-state index in [0.717, 1.165) is 24.0 Å². The molecule has 2 aromatic rings. The van der Waals surface area contributed by atoms with Gasteiger partial charge in [0.25, 0.3) is 0 Å². The summed E-state index contributed by atoms with van der Waals surface area (Å²) in [7, 11) is 0. The molecule has 0 bridgehead atoms. The van der Waals surface area contributed by atoms with Gasteiger partial charge in [-0.15, -0.1) is 0 Å². The van der Waals surface area contributed by atoms with Gasteiger partial charge < -0.3 is 29.7 Å². The first-order valence-corrected chi connectivity index (χ1v) is 12.3. The number of nitrogens with one attached hydrogen (secondary N) is 1. The van der Waals surface area contributed by atoms with Crippen LogP contribution in [0, 0.1) is 5.92 Å². The van der Waals surface area contributed by atoms with E-state index in [1.807, 2.05) is 30.3 Å². The molecule has 1 amide bonds. The minimum atomic E-state index is -1.39. The summed E-state index contributed by atoms with van der Waals surface area (Å²) in [5.74, 6) is -2.81. The molecule has 2 aromatic carbocycles. The van der Waals surface area contributed by atoms with E-state index in [9.17, 15) is 24.6 Å². The predicted molar refractivity (Wildman–Crippen MR) is 135 cm³/mol. The van der Waals surface area contributed by atoms with Crippen molar-refractivity contribution in [1.82, 2.24) is 5.32 Å². The molecule has 200 valence electrons. The lowest BCUT2D eigenvalue weighted by atomic mass is 9.91. The molecule has 0 heterocycles. The monoisotopic (exact) mass is 513 g/mol. The van der Waals surface area contributed by atoms with Gasteiger partial charge in [0.15, 0.2) is 0 Å². The van der Waals surface area contributed by atoms with Gasteiger partial charge in [-0.05, 0) is 56.9 Å². The van der Waals surface area contributed by atoms with Crippen LogP contribution < -0.4 is 10.1 Å². The summed E-state index contributed by atoms with van der Waals surface area (Å²) in [5, 5.41) is 21.4. The summed E-state index contributed by atoms with van der Waals surface area (Å²) >= 11 is 0. The van der Waals surface area contributed by atoms with Crippen LogP contribution in [0.5, 0.6) is 5.75 Å². The Morgan fingerprint density at radius 2 is 1.57 bits per heavy atom. The number of carbonyl (C=O) groups is 3. The van der Waals surface area contributed by atoms with Crippen molar-refractivity contribution in [2.45, 2.75) is 76.9 Å². The fourth-order valence-corrected chi connectivity index (χ4v) is 3.95. The second-order valence-corrected chi connectivity index (χ2v) is 10.3. The van der Waals surface area contributed by atoms with Crippen LogP contribution in [0.1, 0.15) is 51.2 Å². The highest BCUT2D eigenvalue weighted by Crippen LogP contribution is 2.29. The molecule has 9 heteroatoms. The third-order valence-corrected chi connectivity index (χ3v) is 5.95. The number of carboxylic acids is 2. The molecular weight excluding hydrogens is 478 g/mol. The van der Waals surface area contributed by atoms with Gasteiger partial charge in [-0.3, -0.25) is 4.79 Å². The lowest BCUT2D eigenvalue weighted by Gasteiger charge is -2.35. The molecule has 0 radical (unpaired) electrons. The molecule has 37 heavy (non-hydrogen) atoms. The third-order valence-electron chi connectivity index (χ3n) is 5.95. The number of alkyl carbamates (subject to hydrolysis) is 1.